The molecule has 1 unspecified atom stereocenters. The molecule has 0 saturated carbocycles. The highest BCUT2D eigenvalue weighted by molar-refractivity contribution is 5.98. The first-order valence-electron chi connectivity index (χ1n) is 20.1. The lowest BCUT2D eigenvalue weighted by Crippen LogP contribution is -2.56. The molecule has 0 spiro atoms. The van der Waals surface area contributed by atoms with E-state index < -0.39 is 72.2 Å². The number of aromatic nitrogens is 1. The maximum atomic E-state index is 14.2. The fourth-order valence-corrected chi connectivity index (χ4v) is 6.45. The molecule has 1 aromatic heterocycles. The van der Waals surface area contributed by atoms with Crippen LogP contribution in [0.25, 0.3) is 10.9 Å². The van der Waals surface area contributed by atoms with Gasteiger partial charge in [0.05, 0.1) is 12.6 Å². The maximum absolute atomic E-state index is 14.2. The zero-order valence-electron chi connectivity index (χ0n) is 35.1. The predicted octanol–water partition coefficient (Wildman–Crippen LogP) is -1.30. The van der Waals surface area contributed by atoms with Crippen molar-refractivity contribution in [1.82, 2.24) is 36.9 Å². The van der Waals surface area contributed by atoms with Gasteiger partial charge < -0.3 is 69.7 Å². The van der Waals surface area contributed by atoms with Gasteiger partial charge in [0.15, 0.2) is 11.9 Å². The molecule has 0 aliphatic carbocycles. The molecule has 5 atom stereocenters. The van der Waals surface area contributed by atoms with Crippen LogP contribution in [-0.4, -0.2) is 108 Å². The van der Waals surface area contributed by atoms with Gasteiger partial charge in [-0.3, -0.25) is 38.8 Å². The molecule has 21 nitrogen and oxygen atoms in total. The van der Waals surface area contributed by atoms with E-state index in [2.05, 4.69) is 46.9 Å². The minimum Gasteiger partial charge on any atom is -0.508 e. The number of para-hydroxylation sites is 1. The van der Waals surface area contributed by atoms with Gasteiger partial charge in [0.25, 0.3) is 0 Å². The van der Waals surface area contributed by atoms with Crippen LogP contribution in [0.3, 0.4) is 0 Å². The Hall–Kier alpha value is -7.19. The molecule has 3 rings (SSSR count). The summed E-state index contributed by atoms with van der Waals surface area (Å²) in [5, 5.41) is 26.3. The third-order valence-electron chi connectivity index (χ3n) is 9.37. The largest absolute Gasteiger partial charge is 0.508 e. The number of hydrogen-bond donors (Lipinski definition) is 12. The number of nitrogens with one attached hydrogen (secondary N) is 7. The number of aldehydes is 1. The van der Waals surface area contributed by atoms with Gasteiger partial charge in [0.1, 0.15) is 36.2 Å². The van der Waals surface area contributed by atoms with E-state index in [0.29, 0.717) is 34.7 Å². The molecule has 62 heavy (non-hydrogen) atoms. The fourth-order valence-electron chi connectivity index (χ4n) is 6.45. The Morgan fingerprint density at radius 3 is 1.90 bits per heavy atom. The number of carbonyl (C=O) groups excluding carboxylic acids is 7. The Kier molecular flexibility index (Phi) is 19.7. The number of H-pyrrole nitrogens is 1. The summed E-state index contributed by atoms with van der Waals surface area (Å²) in [6, 6.07) is 7.34. The minimum atomic E-state index is -1.33. The van der Waals surface area contributed by atoms with Crippen LogP contribution in [0.1, 0.15) is 70.0 Å². The number of phenols is 1. The van der Waals surface area contributed by atoms with Crippen LogP contribution in [0.4, 0.5) is 0 Å². The molecule has 1 heterocycles. The predicted molar refractivity (Wildman–Crippen MR) is 233 cm³/mol. The second-order valence-corrected chi connectivity index (χ2v) is 15.0. The summed E-state index contributed by atoms with van der Waals surface area (Å²) < 4.78 is 0. The number of nitrogens with two attached hydrogens (primary N) is 4. The standard InChI is InChI=1S/C41H59N13O8/c1-23(2)18-26(22-55)51-37(60)32(11-7-17-47-41(44)45)52-34(58)21-49-36(59)31(10-6-16-46-40(42)43)53-38(61)33(19-25-12-14-27(57)15-13-25)54-39(62)35(50-24(3)56)29-20-48-30-9-5-4-8-28(29)30/h4-5,8-9,12-15,20,22-23,26,31-33,35,48,57H,6-7,10-11,16-19,21H2,1-3H3,(H,49,59)(H,50,56)(H,51,60)(H,52,58)(H,53,61)(H,54,62)(H4,42,43,46)(H4,44,45,47)/t26-,31-,32-,33-,35?/m0/s1. The van der Waals surface area contributed by atoms with Crippen molar-refractivity contribution in [2.75, 3.05) is 19.6 Å². The van der Waals surface area contributed by atoms with Gasteiger partial charge in [-0.15, -0.1) is 0 Å². The Labute approximate surface area is 359 Å². The fraction of sp³-hybridized carbons (Fsp3) is 0.439. The van der Waals surface area contributed by atoms with Gasteiger partial charge in [0.2, 0.25) is 35.4 Å². The molecule has 0 aliphatic heterocycles. The number of aliphatic imine (C=N–C) groups is 2. The molecule has 16 N–H and O–H groups in total. The molecule has 0 bridgehead atoms. The number of rotatable bonds is 25. The number of phenolic OH excluding ortho intramolecular Hbond substituents is 1. The molecule has 336 valence electrons. The summed E-state index contributed by atoms with van der Waals surface area (Å²) in [6.45, 7) is 4.67. The quantitative estimate of drug-likeness (QED) is 0.0205. The topological polar surface area (TPSA) is 356 Å². The molecule has 2 aromatic carbocycles. The van der Waals surface area contributed by atoms with Crippen LogP contribution < -0.4 is 54.8 Å². The lowest BCUT2D eigenvalue weighted by molar-refractivity contribution is -0.134. The highest BCUT2D eigenvalue weighted by atomic mass is 16.3. The van der Waals surface area contributed by atoms with Crippen molar-refractivity contribution in [3.05, 3.63) is 65.9 Å². The summed E-state index contributed by atoms with van der Waals surface area (Å²) >= 11 is 0. The van der Waals surface area contributed by atoms with Crippen LogP contribution in [-0.2, 0) is 40.0 Å². The summed E-state index contributed by atoms with van der Waals surface area (Å²) in [5.41, 5.74) is 23.5. The number of guanidine groups is 2. The van der Waals surface area contributed by atoms with E-state index in [0.717, 1.165) is 0 Å². The molecule has 21 heteroatoms. The SMILES string of the molecule is CC(=O)NC(C(=O)N[C@@H](Cc1ccc(O)cc1)C(=O)N[C@@H](CCCN=C(N)N)C(=O)NCC(=O)N[C@@H](CCCN=C(N)N)C(=O)N[C@H](C=O)CC(C)C)c1c[nH]c2ccccc12. The molecule has 3 aromatic rings. The van der Waals surface area contributed by atoms with E-state index in [1.807, 2.05) is 13.8 Å². The normalized spacial score (nSPS) is 13.3. The first kappa shape index (κ1) is 49.2. The van der Waals surface area contributed by atoms with E-state index >= 15 is 0 Å². The highest BCUT2D eigenvalue weighted by Crippen LogP contribution is 2.25. The van der Waals surface area contributed by atoms with Crippen molar-refractivity contribution in [3.8, 4) is 5.75 Å². The van der Waals surface area contributed by atoms with Gasteiger partial charge >= 0.3 is 0 Å². The van der Waals surface area contributed by atoms with E-state index in [4.69, 9.17) is 22.9 Å². The molecular weight excluding hydrogens is 803 g/mol. The van der Waals surface area contributed by atoms with Crippen molar-refractivity contribution in [2.45, 2.75) is 89.5 Å². The summed E-state index contributed by atoms with van der Waals surface area (Å²) in [6.07, 6.45) is 3.04. The smallest absolute Gasteiger partial charge is 0.247 e. The third kappa shape index (κ3) is 16.8. The molecule has 6 amide bonds. The number of benzene rings is 2. The average Bonchev–Trinajstić information content (AvgIpc) is 3.64. The van der Waals surface area contributed by atoms with Crippen LogP contribution in [0, 0.1) is 5.92 Å². The lowest BCUT2D eigenvalue weighted by Gasteiger charge is -2.25. The Bertz CT molecular complexity index is 2060. The maximum Gasteiger partial charge on any atom is 0.247 e. The van der Waals surface area contributed by atoms with E-state index in [1.165, 1.54) is 19.1 Å². The van der Waals surface area contributed by atoms with Gasteiger partial charge in [0, 0.05) is 49.1 Å². The van der Waals surface area contributed by atoms with E-state index in [1.54, 1.807) is 42.6 Å². The zero-order valence-corrected chi connectivity index (χ0v) is 35.1. The van der Waals surface area contributed by atoms with E-state index in [-0.39, 0.29) is 68.8 Å². The summed E-state index contributed by atoms with van der Waals surface area (Å²) in [4.78, 5) is 103. The van der Waals surface area contributed by atoms with Crippen molar-refractivity contribution in [3.63, 3.8) is 0 Å². The van der Waals surface area contributed by atoms with E-state index in [9.17, 15) is 38.7 Å². The Balaban J connectivity index is 1.84. The average molecular weight is 862 g/mol. The number of hydrogen-bond acceptors (Lipinski definition) is 10. The Morgan fingerprint density at radius 2 is 1.32 bits per heavy atom. The lowest BCUT2D eigenvalue weighted by atomic mass is 10.0. The highest BCUT2D eigenvalue weighted by Gasteiger charge is 2.32. The van der Waals surface area contributed by atoms with Gasteiger partial charge in [-0.2, -0.15) is 0 Å². The first-order chi connectivity index (χ1) is 29.5. The van der Waals surface area contributed by atoms with Crippen LogP contribution in [0.15, 0.2) is 64.7 Å². The molecule has 0 aliphatic rings. The zero-order chi connectivity index (χ0) is 45.8. The van der Waals surface area contributed by atoms with Gasteiger partial charge in [-0.05, 0) is 61.8 Å². The van der Waals surface area contributed by atoms with Gasteiger partial charge in [-0.1, -0.05) is 44.2 Å². The molecule has 0 saturated heterocycles. The van der Waals surface area contributed by atoms with Crippen molar-refractivity contribution in [2.24, 2.45) is 38.8 Å². The molecular formula is C41H59N13O8. The third-order valence-corrected chi connectivity index (χ3v) is 9.37. The minimum absolute atomic E-state index is 0.0154. The number of fused-ring (bicyclic) bond motifs is 1. The number of amides is 6. The second kappa shape index (κ2) is 24.8. The second-order valence-electron chi connectivity index (χ2n) is 15.0. The monoisotopic (exact) mass is 861 g/mol. The first-order valence-corrected chi connectivity index (χ1v) is 20.1. The van der Waals surface area contributed by atoms with Gasteiger partial charge in [-0.25, -0.2) is 0 Å². The number of carbonyl (C=O) groups is 7. The number of aromatic amines is 1. The van der Waals surface area contributed by atoms with Crippen LogP contribution in [0.2, 0.25) is 0 Å². The van der Waals surface area contributed by atoms with Crippen LogP contribution >= 0.6 is 0 Å². The van der Waals surface area contributed by atoms with Crippen molar-refractivity contribution >= 4 is 64.6 Å². The van der Waals surface area contributed by atoms with Crippen molar-refractivity contribution in [1.29, 1.82) is 0 Å². The Morgan fingerprint density at radius 1 is 0.742 bits per heavy atom. The summed E-state index contributed by atoms with van der Waals surface area (Å²) in [5.74, 6) is -4.46. The molecule has 0 fully saturated rings. The number of aromatic hydroxyl groups is 1. The van der Waals surface area contributed by atoms with Crippen molar-refractivity contribution < 1.29 is 38.7 Å². The van der Waals surface area contributed by atoms with Crippen LogP contribution in [0.5, 0.6) is 5.75 Å². The number of nitrogens with zero attached hydrogens (tertiary/aromatic N) is 2. The summed E-state index contributed by atoms with van der Waals surface area (Å²) in [7, 11) is 0. The molecule has 0 radical (unpaired) electrons.